The van der Waals surface area contributed by atoms with Crippen LogP contribution in [-0.2, 0) is 7.05 Å². The average Bonchev–Trinajstić information content (AvgIpc) is 3.04. The predicted molar refractivity (Wildman–Crippen MR) is 92.2 cm³/mol. The fraction of sp³-hybridized carbons (Fsp3) is 0.118. The predicted octanol–water partition coefficient (Wildman–Crippen LogP) is 2.43. The summed E-state index contributed by atoms with van der Waals surface area (Å²) in [6.45, 7) is -2.92. The van der Waals surface area contributed by atoms with Crippen LogP contribution in [0.2, 0.25) is 0 Å². The molecule has 3 rings (SSSR count). The van der Waals surface area contributed by atoms with Crippen molar-refractivity contribution in [1.29, 1.82) is 0 Å². The summed E-state index contributed by atoms with van der Waals surface area (Å²) < 4.78 is 29.9. The molecule has 0 saturated heterocycles. The normalized spacial score (nSPS) is 10.7. The van der Waals surface area contributed by atoms with E-state index in [-0.39, 0.29) is 23.0 Å². The Morgan fingerprint density at radius 3 is 2.57 bits per heavy atom. The maximum atomic E-state index is 12.3. The molecule has 144 valence electrons. The number of carboxylic acids is 1. The van der Waals surface area contributed by atoms with E-state index in [0.29, 0.717) is 11.3 Å². The van der Waals surface area contributed by atoms with E-state index in [9.17, 15) is 18.4 Å². The summed E-state index contributed by atoms with van der Waals surface area (Å²) in [6.07, 6.45) is 2.59. The van der Waals surface area contributed by atoms with Gasteiger partial charge in [-0.2, -0.15) is 13.9 Å². The van der Waals surface area contributed by atoms with Crippen LogP contribution in [0.3, 0.4) is 0 Å². The SMILES string of the molecule is Cn1cc(C(=O)O)c(C(=O)Nc2nccc(-c3ccc(OC(F)F)cc3)n2)n1. The minimum Gasteiger partial charge on any atom is -0.478 e. The number of nitrogens with zero attached hydrogens (tertiary/aromatic N) is 4. The number of carbonyl (C=O) groups excluding carboxylic acids is 1. The second-order valence-corrected chi connectivity index (χ2v) is 5.49. The van der Waals surface area contributed by atoms with Gasteiger partial charge in [-0.05, 0) is 30.3 Å². The minimum atomic E-state index is -2.92. The van der Waals surface area contributed by atoms with Gasteiger partial charge in [-0.25, -0.2) is 14.8 Å². The third kappa shape index (κ3) is 4.26. The first kappa shape index (κ1) is 18.9. The van der Waals surface area contributed by atoms with Crippen molar-refractivity contribution < 1.29 is 28.2 Å². The molecule has 11 heteroatoms. The van der Waals surface area contributed by atoms with Gasteiger partial charge in [-0.3, -0.25) is 14.8 Å². The van der Waals surface area contributed by atoms with Crippen LogP contribution in [0.1, 0.15) is 20.8 Å². The quantitative estimate of drug-likeness (QED) is 0.664. The van der Waals surface area contributed by atoms with Gasteiger partial charge in [-0.15, -0.1) is 0 Å². The Kier molecular flexibility index (Phi) is 5.25. The summed E-state index contributed by atoms with van der Waals surface area (Å²) in [7, 11) is 1.49. The number of ether oxygens (including phenoxy) is 1. The summed E-state index contributed by atoms with van der Waals surface area (Å²) in [5.74, 6) is -2.15. The third-order valence-electron chi connectivity index (χ3n) is 3.53. The minimum absolute atomic E-state index is 0.00214. The second kappa shape index (κ2) is 7.78. The molecule has 1 amide bonds. The molecule has 2 N–H and O–H groups in total. The smallest absolute Gasteiger partial charge is 0.387 e. The zero-order valence-electron chi connectivity index (χ0n) is 14.3. The van der Waals surface area contributed by atoms with Crippen molar-refractivity contribution in [3.63, 3.8) is 0 Å². The lowest BCUT2D eigenvalue weighted by Crippen LogP contribution is -2.18. The number of hydrogen-bond acceptors (Lipinski definition) is 6. The molecule has 3 aromatic rings. The first-order valence-electron chi connectivity index (χ1n) is 7.80. The van der Waals surface area contributed by atoms with Crippen LogP contribution in [-0.4, -0.2) is 43.3 Å². The number of anilines is 1. The van der Waals surface area contributed by atoms with Crippen molar-refractivity contribution in [1.82, 2.24) is 19.7 Å². The molecule has 0 saturated carbocycles. The molecule has 0 bridgehead atoms. The fourth-order valence-electron chi connectivity index (χ4n) is 2.36. The number of hydrogen-bond donors (Lipinski definition) is 2. The molecule has 0 unspecified atom stereocenters. The Morgan fingerprint density at radius 1 is 1.21 bits per heavy atom. The molecular formula is C17H13F2N5O4. The molecule has 28 heavy (non-hydrogen) atoms. The first-order valence-corrected chi connectivity index (χ1v) is 7.80. The molecule has 9 nitrogen and oxygen atoms in total. The van der Waals surface area contributed by atoms with Gasteiger partial charge in [-0.1, -0.05) is 0 Å². The number of carboxylic acid groups (broad SMARTS) is 1. The van der Waals surface area contributed by atoms with Gasteiger partial charge in [0.25, 0.3) is 5.91 Å². The topological polar surface area (TPSA) is 119 Å². The van der Waals surface area contributed by atoms with Crippen LogP contribution >= 0.6 is 0 Å². The lowest BCUT2D eigenvalue weighted by molar-refractivity contribution is -0.0498. The van der Waals surface area contributed by atoms with Crippen molar-refractivity contribution in [3.05, 3.63) is 54.0 Å². The summed E-state index contributed by atoms with van der Waals surface area (Å²) in [4.78, 5) is 31.6. The number of rotatable bonds is 6. The van der Waals surface area contributed by atoms with Crippen LogP contribution < -0.4 is 10.1 Å². The molecule has 0 aliphatic rings. The first-order chi connectivity index (χ1) is 13.3. The summed E-state index contributed by atoms with van der Waals surface area (Å²) in [5, 5.41) is 15.4. The van der Waals surface area contributed by atoms with E-state index in [1.54, 1.807) is 6.07 Å². The van der Waals surface area contributed by atoms with Crippen LogP contribution in [0.4, 0.5) is 14.7 Å². The fourth-order valence-corrected chi connectivity index (χ4v) is 2.36. The van der Waals surface area contributed by atoms with E-state index in [2.05, 4.69) is 25.1 Å². The van der Waals surface area contributed by atoms with E-state index < -0.39 is 18.5 Å². The third-order valence-corrected chi connectivity index (χ3v) is 3.53. The number of nitrogens with one attached hydrogen (secondary N) is 1. The van der Waals surface area contributed by atoms with E-state index in [1.165, 1.54) is 48.4 Å². The molecule has 0 radical (unpaired) electrons. The Hall–Kier alpha value is -3.89. The largest absolute Gasteiger partial charge is 0.478 e. The Balaban J connectivity index is 1.80. The standard InChI is InChI=1S/C17H13F2N5O4/c1-24-8-11(15(26)27)13(23-24)14(25)22-17-20-7-6-12(21-17)9-2-4-10(5-3-9)28-16(18)19/h2-8,16H,1H3,(H,26,27)(H,20,21,22,25). The van der Waals surface area contributed by atoms with Crippen molar-refractivity contribution in [2.45, 2.75) is 6.61 Å². The number of aromatic carboxylic acids is 1. The van der Waals surface area contributed by atoms with Crippen molar-refractivity contribution in [3.8, 4) is 17.0 Å². The zero-order valence-corrected chi connectivity index (χ0v) is 14.3. The number of benzene rings is 1. The highest BCUT2D eigenvalue weighted by Crippen LogP contribution is 2.22. The molecule has 0 fully saturated rings. The van der Waals surface area contributed by atoms with Gasteiger partial charge in [0, 0.05) is 25.0 Å². The number of carbonyl (C=O) groups is 2. The van der Waals surface area contributed by atoms with Crippen molar-refractivity contribution in [2.24, 2.45) is 7.05 Å². The maximum absolute atomic E-state index is 12.3. The van der Waals surface area contributed by atoms with Gasteiger partial charge in [0.2, 0.25) is 5.95 Å². The summed E-state index contributed by atoms with van der Waals surface area (Å²) >= 11 is 0. The zero-order chi connectivity index (χ0) is 20.3. The number of aryl methyl sites for hydroxylation is 1. The lowest BCUT2D eigenvalue weighted by Gasteiger charge is -2.07. The molecule has 0 spiro atoms. The van der Waals surface area contributed by atoms with Gasteiger partial charge in [0.05, 0.1) is 5.69 Å². The molecule has 0 atom stereocenters. The van der Waals surface area contributed by atoms with Crippen molar-refractivity contribution in [2.75, 3.05) is 5.32 Å². The number of aromatic nitrogens is 4. The molecular weight excluding hydrogens is 376 g/mol. The van der Waals surface area contributed by atoms with Gasteiger partial charge < -0.3 is 9.84 Å². The lowest BCUT2D eigenvalue weighted by atomic mass is 10.1. The molecule has 1 aromatic carbocycles. The Morgan fingerprint density at radius 2 is 1.93 bits per heavy atom. The molecule has 2 heterocycles. The highest BCUT2D eigenvalue weighted by atomic mass is 19.3. The van der Waals surface area contributed by atoms with Gasteiger partial charge in [0.1, 0.15) is 11.3 Å². The van der Waals surface area contributed by atoms with Crippen LogP contribution in [0.25, 0.3) is 11.3 Å². The monoisotopic (exact) mass is 389 g/mol. The van der Waals surface area contributed by atoms with E-state index >= 15 is 0 Å². The maximum Gasteiger partial charge on any atom is 0.387 e. The van der Waals surface area contributed by atoms with Crippen LogP contribution in [0.15, 0.2) is 42.7 Å². The van der Waals surface area contributed by atoms with E-state index in [4.69, 9.17) is 5.11 Å². The average molecular weight is 389 g/mol. The van der Waals surface area contributed by atoms with Gasteiger partial charge in [0.15, 0.2) is 5.69 Å². The summed E-state index contributed by atoms with van der Waals surface area (Å²) in [6, 6.07) is 7.31. The second-order valence-electron chi connectivity index (χ2n) is 5.49. The van der Waals surface area contributed by atoms with Crippen LogP contribution in [0, 0.1) is 0 Å². The van der Waals surface area contributed by atoms with Crippen LogP contribution in [0.5, 0.6) is 5.75 Å². The molecule has 0 aliphatic heterocycles. The number of halogens is 2. The molecule has 0 aliphatic carbocycles. The highest BCUT2D eigenvalue weighted by Gasteiger charge is 2.21. The summed E-state index contributed by atoms with van der Waals surface area (Å²) in [5.41, 5.74) is 0.445. The number of alkyl halides is 2. The van der Waals surface area contributed by atoms with Crippen molar-refractivity contribution >= 4 is 17.8 Å². The van der Waals surface area contributed by atoms with E-state index in [1.807, 2.05) is 0 Å². The van der Waals surface area contributed by atoms with E-state index in [0.717, 1.165) is 0 Å². The Bertz CT molecular complexity index is 1020. The van der Waals surface area contributed by atoms with Gasteiger partial charge >= 0.3 is 12.6 Å². The highest BCUT2D eigenvalue weighted by molar-refractivity contribution is 6.08. The Labute approximate surface area is 156 Å². The number of amides is 1. The molecule has 2 aromatic heterocycles.